The van der Waals surface area contributed by atoms with E-state index >= 15 is 0 Å². The molecule has 0 bridgehead atoms. The quantitative estimate of drug-likeness (QED) is 0.779. The molecule has 2 rings (SSSR count). The normalized spacial score (nSPS) is 12.5. The molecule has 0 aliphatic rings. The van der Waals surface area contributed by atoms with Crippen molar-refractivity contribution in [3.63, 3.8) is 0 Å². The summed E-state index contributed by atoms with van der Waals surface area (Å²) in [6.07, 6.45) is 6.01. The van der Waals surface area contributed by atoms with Crippen molar-refractivity contribution < 1.29 is 0 Å². The average molecular weight is 240 g/mol. The molecule has 0 aliphatic carbocycles. The zero-order valence-electron chi connectivity index (χ0n) is 10.9. The van der Waals surface area contributed by atoms with E-state index in [0.29, 0.717) is 6.04 Å². The lowest BCUT2D eigenvalue weighted by molar-refractivity contribution is 0.519. The Morgan fingerprint density at radius 1 is 1.33 bits per heavy atom. The molecule has 0 aliphatic heterocycles. The summed E-state index contributed by atoms with van der Waals surface area (Å²) in [7, 11) is 0. The first-order valence-electron chi connectivity index (χ1n) is 6.48. The smallest absolute Gasteiger partial charge is 0.0746 e. The van der Waals surface area contributed by atoms with Crippen LogP contribution >= 0.6 is 0 Å². The Balaban J connectivity index is 2.05. The minimum atomic E-state index is 0.502. The number of fused-ring (bicyclic) bond motifs is 1. The van der Waals surface area contributed by atoms with Crippen molar-refractivity contribution >= 4 is 10.9 Å². The maximum absolute atomic E-state index is 4.47. The van der Waals surface area contributed by atoms with Gasteiger partial charge in [0.15, 0.2) is 0 Å². The molecule has 1 unspecified atom stereocenters. The van der Waals surface area contributed by atoms with Crippen LogP contribution in [0.25, 0.3) is 10.9 Å². The van der Waals surface area contributed by atoms with Crippen LogP contribution in [0.5, 0.6) is 0 Å². The summed E-state index contributed by atoms with van der Waals surface area (Å²) in [5.41, 5.74) is 2.36. The van der Waals surface area contributed by atoms with Crippen molar-refractivity contribution in [2.75, 3.05) is 0 Å². The van der Waals surface area contributed by atoms with E-state index in [-0.39, 0.29) is 0 Å². The van der Waals surface area contributed by atoms with Gasteiger partial charge in [-0.1, -0.05) is 30.3 Å². The summed E-state index contributed by atoms with van der Waals surface area (Å²) in [5.74, 6) is 0. The van der Waals surface area contributed by atoms with Crippen molar-refractivity contribution in [1.29, 1.82) is 0 Å². The van der Waals surface area contributed by atoms with E-state index in [0.717, 1.165) is 24.9 Å². The van der Waals surface area contributed by atoms with Gasteiger partial charge in [0.05, 0.1) is 5.52 Å². The molecule has 0 spiro atoms. The molecule has 2 nitrogen and oxygen atoms in total. The third-order valence-electron chi connectivity index (χ3n) is 3.16. The number of pyridine rings is 1. The van der Waals surface area contributed by atoms with Crippen LogP contribution in [-0.2, 0) is 6.54 Å². The van der Waals surface area contributed by atoms with Crippen LogP contribution in [0.4, 0.5) is 0 Å². The fourth-order valence-corrected chi connectivity index (χ4v) is 2.06. The van der Waals surface area contributed by atoms with E-state index in [1.165, 1.54) is 10.9 Å². The second kappa shape index (κ2) is 6.31. The zero-order valence-corrected chi connectivity index (χ0v) is 10.9. The third kappa shape index (κ3) is 3.17. The van der Waals surface area contributed by atoms with Crippen LogP contribution in [0.1, 0.15) is 25.3 Å². The number of nitrogens with zero attached hydrogens (tertiary/aromatic N) is 1. The topological polar surface area (TPSA) is 24.9 Å². The predicted octanol–water partition coefficient (Wildman–Crippen LogP) is 3.68. The van der Waals surface area contributed by atoms with Gasteiger partial charge in [-0.25, -0.2) is 0 Å². The summed E-state index contributed by atoms with van der Waals surface area (Å²) >= 11 is 0. The highest BCUT2D eigenvalue weighted by molar-refractivity contribution is 5.81. The van der Waals surface area contributed by atoms with Crippen LogP contribution < -0.4 is 5.32 Å². The third-order valence-corrected chi connectivity index (χ3v) is 3.16. The van der Waals surface area contributed by atoms with Crippen molar-refractivity contribution in [3.05, 3.63) is 54.7 Å². The van der Waals surface area contributed by atoms with Gasteiger partial charge in [0, 0.05) is 24.2 Å². The maximum Gasteiger partial charge on any atom is 0.0746 e. The number of hydrogen-bond donors (Lipinski definition) is 1. The van der Waals surface area contributed by atoms with Crippen LogP contribution in [0.15, 0.2) is 49.2 Å². The summed E-state index contributed by atoms with van der Waals surface area (Å²) in [6.45, 7) is 6.83. The lowest BCUT2D eigenvalue weighted by Crippen LogP contribution is -2.25. The van der Waals surface area contributed by atoms with Crippen LogP contribution in [-0.4, -0.2) is 11.0 Å². The Bertz CT molecular complexity index is 514. The Kier molecular flexibility index (Phi) is 4.48. The fraction of sp³-hybridized carbons (Fsp3) is 0.312. The van der Waals surface area contributed by atoms with Gasteiger partial charge in [-0.3, -0.25) is 4.98 Å². The SMILES string of the molecule is C=CCCC(C)NCc1cccc2cccnc12. The second-order valence-electron chi connectivity index (χ2n) is 4.64. The summed E-state index contributed by atoms with van der Waals surface area (Å²) in [5, 5.41) is 4.74. The number of benzene rings is 1. The molecule has 0 saturated carbocycles. The maximum atomic E-state index is 4.47. The molecule has 1 heterocycles. The molecule has 1 atom stereocenters. The Labute approximate surface area is 109 Å². The first kappa shape index (κ1) is 12.8. The van der Waals surface area contributed by atoms with Gasteiger partial charge in [0.25, 0.3) is 0 Å². The number of para-hydroxylation sites is 1. The van der Waals surface area contributed by atoms with E-state index in [1.807, 2.05) is 18.3 Å². The number of allylic oxidation sites excluding steroid dienone is 1. The van der Waals surface area contributed by atoms with Gasteiger partial charge < -0.3 is 5.32 Å². The molecule has 1 aromatic carbocycles. The van der Waals surface area contributed by atoms with Crippen molar-refractivity contribution in [2.24, 2.45) is 0 Å². The first-order chi connectivity index (χ1) is 8.81. The average Bonchev–Trinajstić information content (AvgIpc) is 2.42. The first-order valence-corrected chi connectivity index (χ1v) is 6.48. The van der Waals surface area contributed by atoms with Crippen molar-refractivity contribution in [3.8, 4) is 0 Å². The highest BCUT2D eigenvalue weighted by Gasteiger charge is 2.04. The molecular formula is C16H20N2. The Hall–Kier alpha value is -1.67. The lowest BCUT2D eigenvalue weighted by atomic mass is 10.1. The van der Waals surface area contributed by atoms with Crippen molar-refractivity contribution in [2.45, 2.75) is 32.4 Å². The number of nitrogens with one attached hydrogen (secondary N) is 1. The molecule has 94 valence electrons. The second-order valence-corrected chi connectivity index (χ2v) is 4.64. The van der Waals surface area contributed by atoms with Gasteiger partial charge in [-0.05, 0) is 31.4 Å². The van der Waals surface area contributed by atoms with Crippen molar-refractivity contribution in [1.82, 2.24) is 10.3 Å². The molecule has 18 heavy (non-hydrogen) atoms. The van der Waals surface area contributed by atoms with Gasteiger partial charge in [-0.15, -0.1) is 6.58 Å². The molecule has 1 aromatic heterocycles. The summed E-state index contributed by atoms with van der Waals surface area (Å²) in [4.78, 5) is 4.47. The molecule has 0 saturated heterocycles. The molecule has 0 radical (unpaired) electrons. The monoisotopic (exact) mass is 240 g/mol. The van der Waals surface area contributed by atoms with Gasteiger partial charge in [0.1, 0.15) is 0 Å². The highest BCUT2D eigenvalue weighted by Crippen LogP contribution is 2.15. The van der Waals surface area contributed by atoms with Crippen LogP contribution in [0, 0.1) is 0 Å². The molecule has 2 heteroatoms. The number of rotatable bonds is 6. The lowest BCUT2D eigenvalue weighted by Gasteiger charge is -2.13. The fourth-order valence-electron chi connectivity index (χ4n) is 2.06. The van der Waals surface area contributed by atoms with Gasteiger partial charge in [-0.2, -0.15) is 0 Å². The Morgan fingerprint density at radius 2 is 2.17 bits per heavy atom. The number of hydrogen-bond acceptors (Lipinski definition) is 2. The van der Waals surface area contributed by atoms with Crippen LogP contribution in [0.2, 0.25) is 0 Å². The number of aromatic nitrogens is 1. The van der Waals surface area contributed by atoms with Crippen LogP contribution in [0.3, 0.4) is 0 Å². The Morgan fingerprint density at radius 3 is 3.00 bits per heavy atom. The molecule has 2 aromatic rings. The summed E-state index contributed by atoms with van der Waals surface area (Å²) in [6, 6.07) is 10.9. The van der Waals surface area contributed by atoms with E-state index in [9.17, 15) is 0 Å². The van der Waals surface area contributed by atoms with E-state index in [4.69, 9.17) is 0 Å². The molecule has 1 N–H and O–H groups in total. The highest BCUT2D eigenvalue weighted by atomic mass is 14.9. The molecule has 0 amide bonds. The largest absolute Gasteiger partial charge is 0.310 e. The molecular weight excluding hydrogens is 220 g/mol. The minimum Gasteiger partial charge on any atom is -0.310 e. The van der Waals surface area contributed by atoms with E-state index in [2.05, 4.69) is 48.1 Å². The van der Waals surface area contributed by atoms with Gasteiger partial charge in [0.2, 0.25) is 0 Å². The minimum absolute atomic E-state index is 0.502. The molecule has 0 fully saturated rings. The predicted molar refractivity (Wildman–Crippen MR) is 77.5 cm³/mol. The van der Waals surface area contributed by atoms with Gasteiger partial charge >= 0.3 is 0 Å². The zero-order chi connectivity index (χ0) is 12.8. The summed E-state index contributed by atoms with van der Waals surface area (Å²) < 4.78 is 0. The standard InChI is InChI=1S/C16H20N2/c1-3-4-7-13(2)18-12-15-9-5-8-14-10-6-11-17-16(14)15/h3,5-6,8-11,13,18H,1,4,7,12H2,2H3. The van der Waals surface area contributed by atoms with E-state index in [1.54, 1.807) is 0 Å². The van der Waals surface area contributed by atoms with E-state index < -0.39 is 0 Å².